The van der Waals surface area contributed by atoms with Gasteiger partial charge in [0.2, 0.25) is 0 Å². The number of halogens is 2. The molecular formula is C8H9F2N3O. The molecule has 0 aliphatic carbocycles. The van der Waals surface area contributed by atoms with E-state index >= 15 is 0 Å². The van der Waals surface area contributed by atoms with Crippen LogP contribution in [0.1, 0.15) is 5.56 Å². The van der Waals surface area contributed by atoms with Crippen LogP contribution in [0.4, 0.5) is 8.78 Å². The largest absolute Gasteiger partial charge is 0.329 e. The van der Waals surface area contributed by atoms with Gasteiger partial charge in [0.05, 0.1) is 0 Å². The molecule has 1 aromatic heterocycles. The van der Waals surface area contributed by atoms with Gasteiger partial charge < -0.3 is 0 Å². The molecule has 1 amide bonds. The first-order valence-corrected chi connectivity index (χ1v) is 3.84. The normalized spacial score (nSPS) is 11.1. The summed E-state index contributed by atoms with van der Waals surface area (Å²) < 4.78 is 26.0. The molecule has 0 aromatic carbocycles. The van der Waals surface area contributed by atoms with Gasteiger partial charge in [0.25, 0.3) is 0 Å². The number of aromatic nitrogens is 1. The quantitative estimate of drug-likeness (QED) is 0.418. The van der Waals surface area contributed by atoms with Crippen LogP contribution in [-0.4, -0.2) is 16.8 Å². The number of rotatable bonds is 3. The van der Waals surface area contributed by atoms with E-state index in [0.717, 1.165) is 0 Å². The maximum absolute atomic E-state index is 13.0. The number of hydrazine groups is 1. The lowest BCUT2D eigenvalue weighted by Crippen LogP contribution is -2.45. The van der Waals surface area contributed by atoms with Gasteiger partial charge in [-0.2, -0.15) is 8.78 Å². The second-order valence-electron chi connectivity index (χ2n) is 2.71. The summed E-state index contributed by atoms with van der Waals surface area (Å²) in [5, 5.41) is 0. The van der Waals surface area contributed by atoms with E-state index in [4.69, 9.17) is 0 Å². The average molecular weight is 201 g/mol. The molecule has 0 spiro atoms. The molecule has 1 heterocycles. The van der Waals surface area contributed by atoms with E-state index in [0.29, 0.717) is 5.56 Å². The zero-order valence-electron chi connectivity index (χ0n) is 7.21. The Balaban J connectivity index is 2.73. The molecule has 0 radical (unpaired) electrons. The van der Waals surface area contributed by atoms with Gasteiger partial charge in [0, 0.05) is 18.8 Å². The highest BCUT2D eigenvalue weighted by molar-refractivity contribution is 5.83. The molecule has 3 N–H and O–H groups in total. The number of hydrogen-bond donors (Lipinski definition) is 2. The van der Waals surface area contributed by atoms with Crippen LogP contribution in [0.15, 0.2) is 24.5 Å². The first kappa shape index (κ1) is 10.5. The van der Waals surface area contributed by atoms with Crippen molar-refractivity contribution in [1.29, 1.82) is 0 Å². The molecule has 1 aromatic rings. The molecule has 14 heavy (non-hydrogen) atoms. The second-order valence-corrected chi connectivity index (χ2v) is 2.71. The summed E-state index contributed by atoms with van der Waals surface area (Å²) in [6.07, 6.45) is 2.08. The zero-order chi connectivity index (χ0) is 10.6. The van der Waals surface area contributed by atoms with Crippen LogP contribution < -0.4 is 11.3 Å². The fraction of sp³-hybridized carbons (Fsp3) is 0.250. The van der Waals surface area contributed by atoms with Gasteiger partial charge >= 0.3 is 11.8 Å². The van der Waals surface area contributed by atoms with Crippen molar-refractivity contribution in [3.63, 3.8) is 0 Å². The van der Waals surface area contributed by atoms with Gasteiger partial charge in [0.15, 0.2) is 0 Å². The number of carbonyl (C=O) groups excluding carboxylic acids is 1. The van der Waals surface area contributed by atoms with Crippen molar-refractivity contribution >= 4 is 5.91 Å². The molecule has 0 bridgehead atoms. The van der Waals surface area contributed by atoms with Crippen molar-refractivity contribution in [2.45, 2.75) is 12.3 Å². The molecule has 1 rings (SSSR count). The minimum atomic E-state index is -3.49. The Morgan fingerprint density at radius 2 is 2.07 bits per heavy atom. The minimum absolute atomic E-state index is 0.327. The fourth-order valence-electron chi connectivity index (χ4n) is 0.943. The summed E-state index contributed by atoms with van der Waals surface area (Å²) >= 11 is 0. The summed E-state index contributed by atoms with van der Waals surface area (Å²) in [5.74, 6) is -0.361. The molecule has 76 valence electrons. The molecular weight excluding hydrogens is 192 g/mol. The zero-order valence-corrected chi connectivity index (χ0v) is 7.21. The van der Waals surface area contributed by atoms with Gasteiger partial charge in [-0.1, -0.05) is 0 Å². The van der Waals surface area contributed by atoms with Crippen molar-refractivity contribution < 1.29 is 13.6 Å². The number of nitrogens with one attached hydrogen (secondary N) is 1. The molecule has 0 atom stereocenters. The summed E-state index contributed by atoms with van der Waals surface area (Å²) in [7, 11) is 0. The Morgan fingerprint density at radius 1 is 1.50 bits per heavy atom. The first-order chi connectivity index (χ1) is 6.56. The Bertz CT molecular complexity index is 316. The maximum atomic E-state index is 13.0. The third-order valence-electron chi connectivity index (χ3n) is 1.64. The van der Waals surface area contributed by atoms with E-state index in [1.165, 1.54) is 30.0 Å². The van der Waals surface area contributed by atoms with Crippen LogP contribution in [0.25, 0.3) is 0 Å². The molecule has 0 saturated carbocycles. The van der Waals surface area contributed by atoms with Crippen LogP contribution in [0.3, 0.4) is 0 Å². The molecule has 0 saturated heterocycles. The highest BCUT2D eigenvalue weighted by Gasteiger charge is 2.38. The molecule has 0 aliphatic heterocycles. The number of nitrogens with two attached hydrogens (primary N) is 1. The van der Waals surface area contributed by atoms with E-state index in [-0.39, 0.29) is 0 Å². The lowest BCUT2D eigenvalue weighted by Gasteiger charge is -2.13. The Morgan fingerprint density at radius 3 is 2.57 bits per heavy atom. The van der Waals surface area contributed by atoms with Gasteiger partial charge in [0.1, 0.15) is 0 Å². The van der Waals surface area contributed by atoms with Gasteiger partial charge in [-0.3, -0.25) is 15.2 Å². The smallest absolute Gasteiger partial charge is 0.289 e. The molecule has 0 unspecified atom stereocenters. The Hall–Kier alpha value is -1.56. The molecule has 0 aliphatic rings. The van der Waals surface area contributed by atoms with Gasteiger partial charge in [-0.25, -0.2) is 5.84 Å². The minimum Gasteiger partial charge on any atom is -0.289 e. The van der Waals surface area contributed by atoms with Crippen LogP contribution >= 0.6 is 0 Å². The number of carbonyl (C=O) groups is 1. The van der Waals surface area contributed by atoms with E-state index in [1.807, 2.05) is 0 Å². The fourth-order valence-corrected chi connectivity index (χ4v) is 0.943. The summed E-state index contributed by atoms with van der Waals surface area (Å²) in [5.41, 5.74) is 1.75. The predicted molar refractivity (Wildman–Crippen MR) is 45.2 cm³/mol. The van der Waals surface area contributed by atoms with E-state index < -0.39 is 18.3 Å². The standard InChI is InChI=1S/C8H9F2N3O/c9-8(10,7(14)13-11)5-6-1-3-12-4-2-6/h1-4H,5,11H2,(H,13,14). The van der Waals surface area contributed by atoms with Crippen LogP contribution in [0.2, 0.25) is 0 Å². The SMILES string of the molecule is NNC(=O)C(F)(F)Cc1ccncc1. The van der Waals surface area contributed by atoms with Gasteiger partial charge in [-0.05, 0) is 17.7 Å². The third-order valence-corrected chi connectivity index (χ3v) is 1.64. The predicted octanol–water partition coefficient (Wildman–Crippen LogP) is 0.249. The van der Waals surface area contributed by atoms with E-state index in [9.17, 15) is 13.6 Å². The lowest BCUT2D eigenvalue weighted by molar-refractivity contribution is -0.145. The average Bonchev–Trinajstić information content (AvgIpc) is 2.17. The second kappa shape index (κ2) is 4.10. The van der Waals surface area contributed by atoms with Crippen LogP contribution in [0, 0.1) is 0 Å². The van der Waals surface area contributed by atoms with Crippen molar-refractivity contribution in [3.8, 4) is 0 Å². The Labute approximate surface area is 79.1 Å². The number of pyridine rings is 1. The van der Waals surface area contributed by atoms with Gasteiger partial charge in [-0.15, -0.1) is 0 Å². The van der Waals surface area contributed by atoms with E-state index in [1.54, 1.807) is 0 Å². The summed E-state index contributed by atoms with van der Waals surface area (Å²) in [6, 6.07) is 2.83. The number of alkyl halides is 2. The molecule has 4 nitrogen and oxygen atoms in total. The van der Waals surface area contributed by atoms with Crippen molar-refractivity contribution in [2.75, 3.05) is 0 Å². The Kier molecular flexibility index (Phi) is 3.08. The third kappa shape index (κ3) is 2.46. The number of hydrogen-bond acceptors (Lipinski definition) is 3. The summed E-state index contributed by atoms with van der Waals surface area (Å²) in [4.78, 5) is 14.3. The van der Waals surface area contributed by atoms with Crippen LogP contribution in [-0.2, 0) is 11.2 Å². The first-order valence-electron chi connectivity index (χ1n) is 3.84. The van der Waals surface area contributed by atoms with Crippen LogP contribution in [0.5, 0.6) is 0 Å². The maximum Gasteiger partial charge on any atom is 0.329 e. The number of amides is 1. The summed E-state index contributed by atoms with van der Waals surface area (Å²) in [6.45, 7) is 0. The van der Waals surface area contributed by atoms with Crippen molar-refractivity contribution in [3.05, 3.63) is 30.1 Å². The lowest BCUT2D eigenvalue weighted by atomic mass is 10.1. The topological polar surface area (TPSA) is 68.0 Å². The highest BCUT2D eigenvalue weighted by Crippen LogP contribution is 2.19. The highest BCUT2D eigenvalue weighted by atomic mass is 19.3. The van der Waals surface area contributed by atoms with Crippen molar-refractivity contribution in [1.82, 2.24) is 10.4 Å². The van der Waals surface area contributed by atoms with E-state index in [2.05, 4.69) is 10.8 Å². The monoisotopic (exact) mass is 201 g/mol. The molecule has 6 heteroatoms. The number of nitrogens with zero attached hydrogens (tertiary/aromatic N) is 1. The molecule has 0 fully saturated rings. The van der Waals surface area contributed by atoms with Crippen molar-refractivity contribution in [2.24, 2.45) is 5.84 Å².